The molecule has 1 aromatic rings. The first kappa shape index (κ1) is 9.45. The smallest absolute Gasteiger partial charge is 0.336 e. The van der Waals surface area contributed by atoms with Gasteiger partial charge in [-0.05, 0) is 29.7 Å². The second kappa shape index (κ2) is 3.24. The van der Waals surface area contributed by atoms with Crippen molar-refractivity contribution in [3.63, 3.8) is 0 Å². The van der Waals surface area contributed by atoms with E-state index in [1.807, 2.05) is 6.08 Å². The minimum absolute atomic E-state index is 0.148. The van der Waals surface area contributed by atoms with E-state index in [2.05, 4.69) is 0 Å². The highest BCUT2D eigenvalue weighted by atomic mass is 16.4. The van der Waals surface area contributed by atoms with Gasteiger partial charge in [-0.15, -0.1) is 0 Å². The fourth-order valence-corrected chi connectivity index (χ4v) is 1.66. The Morgan fingerprint density at radius 2 is 1.67 bits per heavy atom. The topological polar surface area (TPSA) is 74.6 Å². The van der Waals surface area contributed by atoms with Crippen LogP contribution in [0, 0.1) is 0 Å². The second-order valence-electron chi connectivity index (χ2n) is 3.31. The average molecular weight is 204 g/mol. The summed E-state index contributed by atoms with van der Waals surface area (Å²) in [7, 11) is 0. The van der Waals surface area contributed by atoms with Crippen molar-refractivity contribution in [2.24, 2.45) is 0 Å². The third kappa shape index (κ3) is 1.50. The molecule has 4 nitrogen and oxygen atoms in total. The van der Waals surface area contributed by atoms with Crippen molar-refractivity contribution in [2.45, 2.75) is 6.42 Å². The number of benzene rings is 1. The van der Waals surface area contributed by atoms with E-state index in [4.69, 9.17) is 10.2 Å². The maximum atomic E-state index is 10.8. The molecule has 0 saturated carbocycles. The number of hydrogen-bond donors (Lipinski definition) is 2. The molecule has 0 atom stereocenters. The van der Waals surface area contributed by atoms with Gasteiger partial charge in [0.15, 0.2) is 0 Å². The monoisotopic (exact) mass is 204 g/mol. The zero-order chi connectivity index (χ0) is 11.0. The van der Waals surface area contributed by atoms with Crippen molar-refractivity contribution >= 4 is 18.0 Å². The summed E-state index contributed by atoms with van der Waals surface area (Å²) in [6.45, 7) is 0. The van der Waals surface area contributed by atoms with E-state index >= 15 is 0 Å². The molecule has 0 radical (unpaired) electrons. The van der Waals surface area contributed by atoms with Crippen molar-refractivity contribution in [2.75, 3.05) is 0 Å². The van der Waals surface area contributed by atoms with Crippen molar-refractivity contribution in [1.29, 1.82) is 0 Å². The molecule has 0 bridgehead atoms. The summed E-state index contributed by atoms with van der Waals surface area (Å²) < 4.78 is 0. The first-order chi connectivity index (χ1) is 7.09. The van der Waals surface area contributed by atoms with Crippen molar-refractivity contribution in [3.8, 4) is 0 Å². The van der Waals surface area contributed by atoms with Gasteiger partial charge >= 0.3 is 11.9 Å². The Labute approximate surface area is 85.5 Å². The summed E-state index contributed by atoms with van der Waals surface area (Å²) in [4.78, 5) is 21.7. The Balaban J connectivity index is 2.65. The molecule has 0 spiro atoms. The predicted octanol–water partition coefficient (Wildman–Crippen LogP) is 1.65. The van der Waals surface area contributed by atoms with Crippen LogP contribution in [0.1, 0.15) is 31.8 Å². The number of fused-ring (bicyclic) bond motifs is 1. The van der Waals surface area contributed by atoms with Crippen LogP contribution in [0.5, 0.6) is 0 Å². The van der Waals surface area contributed by atoms with Crippen LogP contribution in [0.2, 0.25) is 0 Å². The quantitative estimate of drug-likeness (QED) is 0.768. The van der Waals surface area contributed by atoms with E-state index in [1.54, 1.807) is 6.08 Å². The molecular formula is C11H8O4. The number of carboxylic acid groups (broad SMARTS) is 2. The summed E-state index contributed by atoms with van der Waals surface area (Å²) in [5, 5.41) is 17.7. The minimum atomic E-state index is -1.21. The lowest BCUT2D eigenvalue weighted by Gasteiger charge is -2.05. The van der Waals surface area contributed by atoms with Gasteiger partial charge in [-0.3, -0.25) is 0 Å². The second-order valence-corrected chi connectivity index (χ2v) is 3.31. The molecule has 0 saturated heterocycles. The molecule has 76 valence electrons. The maximum absolute atomic E-state index is 10.8. The van der Waals surface area contributed by atoms with E-state index < -0.39 is 11.9 Å². The van der Waals surface area contributed by atoms with Crippen LogP contribution in [0.15, 0.2) is 18.2 Å². The summed E-state index contributed by atoms with van der Waals surface area (Å²) >= 11 is 0. The largest absolute Gasteiger partial charge is 0.478 e. The lowest BCUT2D eigenvalue weighted by molar-refractivity contribution is 0.0651. The van der Waals surface area contributed by atoms with Gasteiger partial charge in [0, 0.05) is 0 Å². The first-order valence-electron chi connectivity index (χ1n) is 4.39. The molecule has 1 aliphatic rings. The van der Waals surface area contributed by atoms with Gasteiger partial charge in [-0.25, -0.2) is 9.59 Å². The Morgan fingerprint density at radius 1 is 1.07 bits per heavy atom. The summed E-state index contributed by atoms with van der Waals surface area (Å²) in [5.74, 6) is -2.42. The summed E-state index contributed by atoms with van der Waals surface area (Å²) in [6.07, 6.45) is 4.34. The Kier molecular flexibility index (Phi) is 2.04. The summed E-state index contributed by atoms with van der Waals surface area (Å²) in [5.41, 5.74) is 1.34. The molecule has 0 fully saturated rings. The molecule has 0 unspecified atom stereocenters. The molecule has 2 N–H and O–H groups in total. The molecule has 4 heteroatoms. The fraction of sp³-hybridized carbons (Fsp3) is 0.0909. The normalized spacial score (nSPS) is 12.5. The fourth-order valence-electron chi connectivity index (χ4n) is 1.66. The van der Waals surface area contributed by atoms with E-state index in [0.717, 1.165) is 11.1 Å². The molecule has 1 aromatic carbocycles. The van der Waals surface area contributed by atoms with Gasteiger partial charge in [-0.1, -0.05) is 12.2 Å². The molecule has 0 heterocycles. The highest BCUT2D eigenvalue weighted by Crippen LogP contribution is 2.24. The van der Waals surface area contributed by atoms with E-state index in [9.17, 15) is 9.59 Å². The van der Waals surface area contributed by atoms with Crippen LogP contribution < -0.4 is 0 Å². The molecule has 0 aromatic heterocycles. The molecule has 0 amide bonds. The van der Waals surface area contributed by atoms with Crippen LogP contribution in [-0.2, 0) is 6.42 Å². The van der Waals surface area contributed by atoms with Gasteiger partial charge in [0.2, 0.25) is 0 Å². The van der Waals surface area contributed by atoms with Crippen molar-refractivity contribution in [1.82, 2.24) is 0 Å². The van der Waals surface area contributed by atoms with Crippen LogP contribution in [0.3, 0.4) is 0 Å². The summed E-state index contributed by atoms with van der Waals surface area (Å²) in [6, 6.07) is 2.84. The maximum Gasteiger partial charge on any atom is 0.336 e. The molecule has 15 heavy (non-hydrogen) atoms. The molecule has 0 aliphatic heterocycles. The van der Waals surface area contributed by atoms with Crippen LogP contribution in [0.4, 0.5) is 0 Å². The van der Waals surface area contributed by atoms with Gasteiger partial charge in [-0.2, -0.15) is 0 Å². The first-order valence-corrected chi connectivity index (χ1v) is 4.39. The van der Waals surface area contributed by atoms with E-state index in [1.165, 1.54) is 12.1 Å². The molecule has 1 aliphatic carbocycles. The Hall–Kier alpha value is -2.10. The number of hydrogen-bond acceptors (Lipinski definition) is 2. The minimum Gasteiger partial charge on any atom is -0.478 e. The number of allylic oxidation sites excluding steroid dienone is 1. The lowest BCUT2D eigenvalue weighted by atomic mass is 10.00. The number of carbonyl (C=O) groups is 2. The third-order valence-corrected chi connectivity index (χ3v) is 2.38. The highest BCUT2D eigenvalue weighted by Gasteiger charge is 2.19. The highest BCUT2D eigenvalue weighted by molar-refractivity contribution is 6.02. The van der Waals surface area contributed by atoms with Crippen molar-refractivity contribution < 1.29 is 19.8 Å². The SMILES string of the molecule is O=C(O)c1cc2c(cc1C(=O)O)CC=C2. The zero-order valence-corrected chi connectivity index (χ0v) is 7.73. The Morgan fingerprint density at radius 3 is 2.27 bits per heavy atom. The Bertz CT molecular complexity index is 486. The number of rotatable bonds is 2. The van der Waals surface area contributed by atoms with Crippen LogP contribution in [-0.4, -0.2) is 22.2 Å². The van der Waals surface area contributed by atoms with E-state index in [0.29, 0.717) is 6.42 Å². The van der Waals surface area contributed by atoms with Gasteiger partial charge in [0.1, 0.15) is 0 Å². The third-order valence-electron chi connectivity index (χ3n) is 2.38. The van der Waals surface area contributed by atoms with Crippen LogP contribution >= 0.6 is 0 Å². The number of aromatic carboxylic acids is 2. The van der Waals surface area contributed by atoms with Gasteiger partial charge in [0.05, 0.1) is 11.1 Å². The van der Waals surface area contributed by atoms with Crippen molar-refractivity contribution in [3.05, 3.63) is 40.5 Å². The molecular weight excluding hydrogens is 196 g/mol. The standard InChI is InChI=1S/C11H8O4/c12-10(13)8-4-6-2-1-3-7(6)5-9(8)11(14)15/h1-2,4-5H,3H2,(H,12,13)(H,14,15). The number of carboxylic acids is 2. The van der Waals surface area contributed by atoms with Gasteiger partial charge < -0.3 is 10.2 Å². The predicted molar refractivity (Wildman–Crippen MR) is 53.1 cm³/mol. The molecule has 2 rings (SSSR count). The zero-order valence-electron chi connectivity index (χ0n) is 7.73. The van der Waals surface area contributed by atoms with Crippen LogP contribution in [0.25, 0.3) is 6.08 Å². The van der Waals surface area contributed by atoms with E-state index in [-0.39, 0.29) is 11.1 Å². The average Bonchev–Trinajstić information content (AvgIpc) is 2.61. The lowest BCUT2D eigenvalue weighted by Crippen LogP contribution is -2.09. The van der Waals surface area contributed by atoms with Gasteiger partial charge in [0.25, 0.3) is 0 Å².